The molecule has 0 spiro atoms. The Morgan fingerprint density at radius 1 is 1.00 bits per heavy atom. The topological polar surface area (TPSA) is 88.7 Å². The summed E-state index contributed by atoms with van der Waals surface area (Å²) < 4.78 is 6.77. The maximum Gasteiger partial charge on any atom is 0.289 e. The van der Waals surface area contributed by atoms with Gasteiger partial charge in [0.05, 0.1) is 29.4 Å². The molecule has 8 nitrogen and oxygen atoms in total. The van der Waals surface area contributed by atoms with E-state index in [9.17, 15) is 14.4 Å². The van der Waals surface area contributed by atoms with E-state index < -0.39 is 0 Å². The van der Waals surface area contributed by atoms with Gasteiger partial charge in [0, 0.05) is 26.2 Å². The molecule has 1 aliphatic heterocycles. The first-order valence-electron chi connectivity index (χ1n) is 10.7. The number of fused-ring (bicyclic) bond motifs is 1. The van der Waals surface area contributed by atoms with Gasteiger partial charge in [0.15, 0.2) is 5.76 Å². The molecule has 1 fully saturated rings. The summed E-state index contributed by atoms with van der Waals surface area (Å²) >= 11 is 1.25. The van der Waals surface area contributed by atoms with Crippen molar-refractivity contribution in [1.82, 2.24) is 19.4 Å². The zero-order valence-electron chi connectivity index (χ0n) is 18.1. The highest BCUT2D eigenvalue weighted by Gasteiger charge is 2.29. The molecule has 0 radical (unpaired) electrons. The molecule has 4 aromatic rings. The van der Waals surface area contributed by atoms with E-state index in [1.54, 1.807) is 39.8 Å². The number of rotatable bonds is 4. The van der Waals surface area contributed by atoms with Gasteiger partial charge in [-0.2, -0.15) is 0 Å². The number of carbonyl (C=O) groups is 2. The van der Waals surface area contributed by atoms with Gasteiger partial charge < -0.3 is 14.2 Å². The molecule has 33 heavy (non-hydrogen) atoms. The van der Waals surface area contributed by atoms with Crippen molar-refractivity contribution in [1.29, 1.82) is 0 Å². The van der Waals surface area contributed by atoms with E-state index in [4.69, 9.17) is 4.42 Å². The quantitative estimate of drug-likeness (QED) is 0.465. The van der Waals surface area contributed by atoms with Gasteiger partial charge >= 0.3 is 0 Å². The van der Waals surface area contributed by atoms with Crippen LogP contribution in [0.5, 0.6) is 0 Å². The first-order chi connectivity index (χ1) is 16.0. The molecule has 0 aliphatic carbocycles. The Morgan fingerprint density at radius 3 is 2.36 bits per heavy atom. The number of nitrogens with zero attached hydrogens (tertiary/aromatic N) is 4. The van der Waals surface area contributed by atoms with Crippen LogP contribution >= 0.6 is 11.3 Å². The number of thiophene rings is 1. The lowest BCUT2D eigenvalue weighted by Crippen LogP contribution is -2.50. The molecule has 0 N–H and O–H groups in total. The van der Waals surface area contributed by atoms with E-state index in [0.717, 1.165) is 5.56 Å². The Balaban J connectivity index is 1.35. The third-order valence-corrected chi connectivity index (χ3v) is 7.08. The van der Waals surface area contributed by atoms with Crippen molar-refractivity contribution in [2.75, 3.05) is 26.2 Å². The van der Waals surface area contributed by atoms with Gasteiger partial charge in [0.2, 0.25) is 0 Å². The van der Waals surface area contributed by atoms with Crippen molar-refractivity contribution in [3.8, 4) is 0 Å². The van der Waals surface area contributed by atoms with Crippen LogP contribution in [0.4, 0.5) is 0 Å². The second-order valence-electron chi connectivity index (χ2n) is 7.96. The van der Waals surface area contributed by atoms with Gasteiger partial charge in [0.1, 0.15) is 4.83 Å². The normalized spacial score (nSPS) is 14.1. The highest BCUT2D eigenvalue weighted by atomic mass is 32.1. The number of hydrogen-bond donors (Lipinski definition) is 0. The van der Waals surface area contributed by atoms with E-state index in [-0.39, 0.29) is 17.4 Å². The van der Waals surface area contributed by atoms with Crippen LogP contribution < -0.4 is 5.56 Å². The molecule has 1 aliphatic rings. The second-order valence-corrected chi connectivity index (χ2v) is 8.96. The van der Waals surface area contributed by atoms with Crippen LogP contribution in [0.1, 0.15) is 31.4 Å². The average molecular weight is 463 g/mol. The molecule has 1 saturated heterocycles. The van der Waals surface area contributed by atoms with Crippen LogP contribution in [0.25, 0.3) is 10.2 Å². The van der Waals surface area contributed by atoms with E-state index in [0.29, 0.717) is 59.1 Å². The summed E-state index contributed by atoms with van der Waals surface area (Å²) in [6.07, 6.45) is 3.01. The Bertz CT molecular complexity index is 1370. The molecule has 1 aromatic carbocycles. The number of carbonyl (C=O) groups excluding carboxylic acids is 2. The van der Waals surface area contributed by atoms with Crippen molar-refractivity contribution in [2.24, 2.45) is 0 Å². The second kappa shape index (κ2) is 8.67. The lowest BCUT2D eigenvalue weighted by atomic mass is 10.2. The monoisotopic (exact) mass is 462 g/mol. The van der Waals surface area contributed by atoms with E-state index in [1.165, 1.54) is 17.6 Å². The standard InChI is InChI=1S/C24H22N4O4S/c1-16-19-21(25-15-28(23(19)30)14-17-6-3-2-4-7-17)33-20(16)24(31)27-11-9-26(10-12-27)22(29)18-8-5-13-32-18/h2-8,13,15H,9-12,14H2,1H3. The molecule has 4 heterocycles. The molecule has 2 amide bonds. The van der Waals surface area contributed by atoms with Crippen molar-refractivity contribution in [2.45, 2.75) is 13.5 Å². The fourth-order valence-corrected chi connectivity index (χ4v) is 5.18. The fraction of sp³-hybridized carbons (Fsp3) is 0.250. The Morgan fingerprint density at radius 2 is 1.70 bits per heavy atom. The summed E-state index contributed by atoms with van der Waals surface area (Å²) in [4.78, 5) is 47.8. The number of aryl methyl sites for hydroxylation is 1. The third kappa shape index (κ3) is 3.95. The lowest BCUT2D eigenvalue weighted by Gasteiger charge is -2.34. The molecule has 0 bridgehead atoms. The highest BCUT2D eigenvalue weighted by Crippen LogP contribution is 2.28. The minimum absolute atomic E-state index is 0.130. The van der Waals surface area contributed by atoms with Crippen LogP contribution in [-0.4, -0.2) is 57.3 Å². The van der Waals surface area contributed by atoms with Gasteiger partial charge in [0.25, 0.3) is 17.4 Å². The van der Waals surface area contributed by atoms with Gasteiger partial charge in [-0.1, -0.05) is 30.3 Å². The smallest absolute Gasteiger partial charge is 0.289 e. The van der Waals surface area contributed by atoms with Crippen molar-refractivity contribution in [3.63, 3.8) is 0 Å². The molecular formula is C24H22N4O4S. The molecule has 168 valence electrons. The number of amides is 2. The van der Waals surface area contributed by atoms with Crippen molar-refractivity contribution >= 4 is 33.4 Å². The first-order valence-corrected chi connectivity index (χ1v) is 11.5. The molecule has 3 aromatic heterocycles. The average Bonchev–Trinajstić information content (AvgIpc) is 3.49. The number of benzene rings is 1. The minimum Gasteiger partial charge on any atom is -0.459 e. The van der Waals surface area contributed by atoms with Crippen LogP contribution in [0, 0.1) is 6.92 Å². The van der Waals surface area contributed by atoms with Crippen LogP contribution in [0.15, 0.2) is 64.3 Å². The summed E-state index contributed by atoms with van der Waals surface area (Å²) in [5.41, 5.74) is 1.52. The number of furan rings is 1. The predicted octanol–water partition coefficient (Wildman–Crippen LogP) is 3.01. The third-order valence-electron chi connectivity index (χ3n) is 5.89. The van der Waals surface area contributed by atoms with Crippen molar-refractivity contribution < 1.29 is 14.0 Å². The van der Waals surface area contributed by atoms with Gasteiger partial charge in [-0.15, -0.1) is 11.3 Å². The van der Waals surface area contributed by atoms with Gasteiger partial charge in [-0.3, -0.25) is 19.0 Å². The maximum absolute atomic E-state index is 13.3. The summed E-state index contributed by atoms with van der Waals surface area (Å²) in [5, 5.41) is 0.494. The maximum atomic E-state index is 13.3. The molecular weight excluding hydrogens is 440 g/mol. The first kappa shape index (κ1) is 21.1. The summed E-state index contributed by atoms with van der Waals surface area (Å²) in [5.74, 6) is -0.00380. The number of aromatic nitrogens is 2. The zero-order chi connectivity index (χ0) is 22.9. The van der Waals surface area contributed by atoms with Crippen molar-refractivity contribution in [3.05, 3.63) is 87.2 Å². The van der Waals surface area contributed by atoms with Gasteiger partial charge in [-0.25, -0.2) is 4.98 Å². The molecule has 9 heteroatoms. The van der Waals surface area contributed by atoms with E-state index in [1.807, 2.05) is 30.3 Å². The molecule has 5 rings (SSSR count). The van der Waals surface area contributed by atoms with Crippen LogP contribution in [0.3, 0.4) is 0 Å². The van der Waals surface area contributed by atoms with Crippen LogP contribution in [0.2, 0.25) is 0 Å². The number of piperazine rings is 1. The Hall–Kier alpha value is -3.72. The van der Waals surface area contributed by atoms with Crippen LogP contribution in [-0.2, 0) is 6.54 Å². The fourth-order valence-electron chi connectivity index (χ4n) is 4.07. The number of hydrogen-bond acceptors (Lipinski definition) is 6. The molecule has 0 unspecified atom stereocenters. The van der Waals surface area contributed by atoms with Gasteiger partial charge in [-0.05, 0) is 30.2 Å². The zero-order valence-corrected chi connectivity index (χ0v) is 18.9. The lowest BCUT2D eigenvalue weighted by molar-refractivity contribution is 0.0520. The predicted molar refractivity (Wildman–Crippen MR) is 125 cm³/mol. The molecule has 0 atom stereocenters. The minimum atomic E-state index is -0.173. The van der Waals surface area contributed by atoms with E-state index >= 15 is 0 Å². The summed E-state index contributed by atoms with van der Waals surface area (Å²) in [6, 6.07) is 13.0. The summed E-state index contributed by atoms with van der Waals surface area (Å²) in [6.45, 7) is 3.93. The largest absolute Gasteiger partial charge is 0.459 e. The molecule has 0 saturated carbocycles. The SMILES string of the molecule is Cc1c(C(=O)N2CCN(C(=O)c3ccco3)CC2)sc2ncn(Cc3ccccc3)c(=O)c12. The Labute approximate surface area is 193 Å². The summed E-state index contributed by atoms with van der Waals surface area (Å²) in [7, 11) is 0. The Kier molecular flexibility index (Phi) is 5.55. The highest BCUT2D eigenvalue weighted by molar-refractivity contribution is 7.20. The van der Waals surface area contributed by atoms with E-state index in [2.05, 4.69) is 4.98 Å².